The molecule has 0 saturated carbocycles. The van der Waals surface area contributed by atoms with Gasteiger partial charge in [-0.05, 0) is 29.2 Å². The quantitative estimate of drug-likeness (QED) is 0.851. The van der Waals surface area contributed by atoms with Crippen LogP contribution >= 0.6 is 0 Å². The van der Waals surface area contributed by atoms with Gasteiger partial charge < -0.3 is 4.98 Å². The van der Waals surface area contributed by atoms with E-state index in [9.17, 15) is 4.79 Å². The van der Waals surface area contributed by atoms with Gasteiger partial charge in [-0.1, -0.05) is 31.2 Å². The van der Waals surface area contributed by atoms with Crippen molar-refractivity contribution in [2.45, 2.75) is 13.3 Å². The summed E-state index contributed by atoms with van der Waals surface area (Å²) in [5.74, 6) is 0. The lowest BCUT2D eigenvalue weighted by Crippen LogP contribution is -2.08. The molecule has 2 aromatic rings. The van der Waals surface area contributed by atoms with Crippen LogP contribution in [0.15, 0.2) is 41.3 Å². The number of benzene rings is 1. The summed E-state index contributed by atoms with van der Waals surface area (Å²) in [7, 11) is 0. The SMILES string of the molecule is CCc1ccc(-c2c[nH]c(=O)c(C#N)c2)cc1. The van der Waals surface area contributed by atoms with E-state index in [1.54, 1.807) is 12.3 Å². The van der Waals surface area contributed by atoms with Crippen molar-refractivity contribution >= 4 is 0 Å². The molecular weight excluding hydrogens is 212 g/mol. The minimum Gasteiger partial charge on any atom is -0.327 e. The molecule has 1 N–H and O–H groups in total. The standard InChI is InChI=1S/C14H12N2O/c1-2-10-3-5-11(6-4-10)13-7-12(8-15)14(17)16-9-13/h3-7,9H,2H2,1H3,(H,16,17). The van der Waals surface area contributed by atoms with Gasteiger partial charge in [-0.2, -0.15) is 5.26 Å². The third kappa shape index (κ3) is 2.26. The summed E-state index contributed by atoms with van der Waals surface area (Å²) in [6.07, 6.45) is 2.62. The molecule has 0 unspecified atom stereocenters. The third-order valence-corrected chi connectivity index (χ3v) is 2.72. The summed E-state index contributed by atoms with van der Waals surface area (Å²) in [5.41, 5.74) is 2.90. The molecule has 0 atom stereocenters. The Balaban J connectivity index is 2.46. The van der Waals surface area contributed by atoms with E-state index < -0.39 is 0 Å². The van der Waals surface area contributed by atoms with E-state index >= 15 is 0 Å². The summed E-state index contributed by atoms with van der Waals surface area (Å²) in [5, 5.41) is 8.80. The van der Waals surface area contributed by atoms with Crippen LogP contribution in [0.2, 0.25) is 0 Å². The normalized spacial score (nSPS) is 9.88. The lowest BCUT2D eigenvalue weighted by atomic mass is 10.0. The van der Waals surface area contributed by atoms with Crippen LogP contribution in [0.1, 0.15) is 18.1 Å². The van der Waals surface area contributed by atoms with Crippen LogP contribution in [-0.2, 0) is 6.42 Å². The Morgan fingerprint density at radius 3 is 2.53 bits per heavy atom. The Morgan fingerprint density at radius 2 is 1.94 bits per heavy atom. The van der Waals surface area contributed by atoms with Crippen LogP contribution in [0.5, 0.6) is 0 Å². The number of H-pyrrole nitrogens is 1. The Bertz CT molecular complexity index is 618. The second kappa shape index (κ2) is 4.67. The first kappa shape index (κ1) is 11.2. The third-order valence-electron chi connectivity index (χ3n) is 2.72. The van der Waals surface area contributed by atoms with Gasteiger partial charge in [0.1, 0.15) is 11.6 Å². The number of aryl methyl sites for hydroxylation is 1. The van der Waals surface area contributed by atoms with Gasteiger partial charge in [0.25, 0.3) is 5.56 Å². The Morgan fingerprint density at radius 1 is 1.24 bits per heavy atom. The number of aromatic nitrogens is 1. The van der Waals surface area contributed by atoms with Gasteiger partial charge in [-0.25, -0.2) is 0 Å². The van der Waals surface area contributed by atoms with E-state index in [0.717, 1.165) is 17.5 Å². The number of rotatable bonds is 2. The van der Waals surface area contributed by atoms with E-state index in [4.69, 9.17) is 5.26 Å². The fraction of sp³-hybridized carbons (Fsp3) is 0.143. The molecule has 17 heavy (non-hydrogen) atoms. The smallest absolute Gasteiger partial charge is 0.265 e. The number of nitrogens with one attached hydrogen (secondary N) is 1. The molecule has 0 aliphatic heterocycles. The van der Waals surface area contributed by atoms with Crippen LogP contribution in [0.25, 0.3) is 11.1 Å². The van der Waals surface area contributed by atoms with E-state index in [-0.39, 0.29) is 11.1 Å². The highest BCUT2D eigenvalue weighted by molar-refractivity contribution is 5.64. The van der Waals surface area contributed by atoms with Crippen molar-refractivity contribution in [2.75, 3.05) is 0 Å². The summed E-state index contributed by atoms with van der Waals surface area (Å²) in [6.45, 7) is 2.10. The van der Waals surface area contributed by atoms with Crippen molar-refractivity contribution < 1.29 is 0 Å². The zero-order chi connectivity index (χ0) is 12.3. The van der Waals surface area contributed by atoms with Gasteiger partial charge in [0.2, 0.25) is 0 Å². The lowest BCUT2D eigenvalue weighted by Gasteiger charge is -2.03. The van der Waals surface area contributed by atoms with Gasteiger partial charge in [0.15, 0.2) is 0 Å². The fourth-order valence-corrected chi connectivity index (χ4v) is 1.67. The van der Waals surface area contributed by atoms with E-state index in [1.807, 2.05) is 30.3 Å². The van der Waals surface area contributed by atoms with Gasteiger partial charge in [-0.3, -0.25) is 4.79 Å². The van der Waals surface area contributed by atoms with E-state index in [2.05, 4.69) is 11.9 Å². The monoisotopic (exact) mass is 224 g/mol. The van der Waals surface area contributed by atoms with Crippen LogP contribution in [0.3, 0.4) is 0 Å². The van der Waals surface area contributed by atoms with Crippen LogP contribution in [0, 0.1) is 11.3 Å². The first-order valence-electron chi connectivity index (χ1n) is 5.46. The van der Waals surface area contributed by atoms with Crippen LogP contribution in [-0.4, -0.2) is 4.98 Å². The zero-order valence-electron chi connectivity index (χ0n) is 9.53. The predicted molar refractivity (Wildman–Crippen MR) is 66.6 cm³/mol. The first-order valence-corrected chi connectivity index (χ1v) is 5.46. The molecule has 0 fully saturated rings. The minimum atomic E-state index is -0.346. The highest BCUT2D eigenvalue weighted by Crippen LogP contribution is 2.18. The minimum absolute atomic E-state index is 0.141. The molecular formula is C14H12N2O. The van der Waals surface area contributed by atoms with Crippen molar-refractivity contribution in [3.63, 3.8) is 0 Å². The number of hydrogen-bond donors (Lipinski definition) is 1. The Hall–Kier alpha value is -2.34. The van der Waals surface area contributed by atoms with E-state index in [0.29, 0.717) is 0 Å². The van der Waals surface area contributed by atoms with Crippen LogP contribution < -0.4 is 5.56 Å². The molecule has 0 saturated heterocycles. The second-order valence-corrected chi connectivity index (χ2v) is 3.79. The largest absolute Gasteiger partial charge is 0.327 e. The average molecular weight is 224 g/mol. The molecule has 1 aromatic heterocycles. The topological polar surface area (TPSA) is 56.6 Å². The Kier molecular flexibility index (Phi) is 3.06. The molecule has 0 amide bonds. The van der Waals surface area contributed by atoms with E-state index in [1.165, 1.54) is 5.56 Å². The Labute approximate surface area is 99.4 Å². The fourth-order valence-electron chi connectivity index (χ4n) is 1.67. The van der Waals surface area contributed by atoms with Crippen molar-refractivity contribution in [1.82, 2.24) is 4.98 Å². The number of hydrogen-bond acceptors (Lipinski definition) is 2. The van der Waals surface area contributed by atoms with Crippen molar-refractivity contribution in [3.8, 4) is 17.2 Å². The van der Waals surface area contributed by atoms with Gasteiger partial charge in [0, 0.05) is 6.20 Å². The molecule has 0 radical (unpaired) electrons. The molecule has 3 heteroatoms. The molecule has 2 rings (SSSR count). The highest BCUT2D eigenvalue weighted by atomic mass is 16.1. The van der Waals surface area contributed by atoms with Crippen molar-refractivity contribution in [3.05, 3.63) is 58.0 Å². The second-order valence-electron chi connectivity index (χ2n) is 3.79. The molecule has 0 spiro atoms. The first-order chi connectivity index (χ1) is 8.24. The molecule has 0 bridgehead atoms. The van der Waals surface area contributed by atoms with Crippen molar-refractivity contribution in [1.29, 1.82) is 5.26 Å². The molecule has 0 aliphatic rings. The lowest BCUT2D eigenvalue weighted by molar-refractivity contribution is 1.14. The predicted octanol–water partition coefficient (Wildman–Crippen LogP) is 2.48. The maximum Gasteiger partial charge on any atom is 0.265 e. The summed E-state index contributed by atoms with van der Waals surface area (Å²) < 4.78 is 0. The van der Waals surface area contributed by atoms with Crippen molar-refractivity contribution in [2.24, 2.45) is 0 Å². The van der Waals surface area contributed by atoms with Crippen LogP contribution in [0.4, 0.5) is 0 Å². The summed E-state index contributed by atoms with van der Waals surface area (Å²) >= 11 is 0. The number of aromatic amines is 1. The molecule has 84 valence electrons. The zero-order valence-corrected chi connectivity index (χ0v) is 9.53. The molecule has 1 aromatic carbocycles. The molecule has 0 aliphatic carbocycles. The van der Waals surface area contributed by atoms with Gasteiger partial charge in [0.05, 0.1) is 0 Å². The molecule has 1 heterocycles. The summed E-state index contributed by atoms with van der Waals surface area (Å²) in [4.78, 5) is 13.8. The number of pyridine rings is 1. The van der Waals surface area contributed by atoms with Gasteiger partial charge >= 0.3 is 0 Å². The number of nitriles is 1. The van der Waals surface area contributed by atoms with Gasteiger partial charge in [-0.15, -0.1) is 0 Å². The number of nitrogens with zero attached hydrogens (tertiary/aromatic N) is 1. The highest BCUT2D eigenvalue weighted by Gasteiger charge is 2.02. The molecule has 3 nitrogen and oxygen atoms in total. The average Bonchev–Trinajstić information content (AvgIpc) is 2.39. The maximum absolute atomic E-state index is 11.3. The summed E-state index contributed by atoms with van der Waals surface area (Å²) in [6, 6.07) is 11.6. The maximum atomic E-state index is 11.3.